The van der Waals surface area contributed by atoms with Crippen LogP contribution in [0.2, 0.25) is 10.0 Å². The molecular formula is C37H43Cl2FN4O4S2. The fourth-order valence-electron chi connectivity index (χ4n) is 6.18. The smallest absolute Gasteiger partial charge is 0.341 e. The number of methoxy groups -OCH3 is 2. The van der Waals surface area contributed by atoms with E-state index in [1.165, 1.54) is 12.1 Å². The zero-order valence-electron chi connectivity index (χ0n) is 29.0. The molecule has 2 amide bonds. The zero-order valence-corrected chi connectivity index (χ0v) is 32.2. The Morgan fingerprint density at radius 3 is 2.50 bits per heavy atom. The molecule has 50 heavy (non-hydrogen) atoms. The van der Waals surface area contributed by atoms with Crippen molar-refractivity contribution in [1.29, 1.82) is 0 Å². The molecule has 2 heterocycles. The van der Waals surface area contributed by atoms with Crippen LogP contribution in [0.5, 0.6) is 5.75 Å². The van der Waals surface area contributed by atoms with Gasteiger partial charge in [0.05, 0.1) is 34.7 Å². The van der Waals surface area contributed by atoms with Crippen LogP contribution in [0, 0.1) is 11.7 Å². The van der Waals surface area contributed by atoms with Gasteiger partial charge in [0.1, 0.15) is 11.6 Å². The fraction of sp³-hybridized carbons (Fsp3) is 0.378. The van der Waals surface area contributed by atoms with Crippen LogP contribution in [0.25, 0.3) is 0 Å². The number of hydrogen-bond donors (Lipinski definition) is 2. The third-order valence-electron chi connectivity index (χ3n) is 9.24. The molecule has 2 aliphatic rings. The minimum Gasteiger partial charge on any atom is -0.495 e. The fourth-order valence-corrected chi connectivity index (χ4v) is 8.80. The Bertz CT molecular complexity index is 1800. The maximum Gasteiger partial charge on any atom is 0.341 e. The Kier molecular flexibility index (Phi) is 12.6. The highest BCUT2D eigenvalue weighted by atomic mass is 35.5. The Morgan fingerprint density at radius 2 is 1.82 bits per heavy atom. The minimum atomic E-state index is -1.82. The van der Waals surface area contributed by atoms with Crippen LogP contribution in [-0.2, 0) is 26.9 Å². The van der Waals surface area contributed by atoms with E-state index in [2.05, 4.69) is 48.8 Å². The van der Waals surface area contributed by atoms with Gasteiger partial charge in [-0.2, -0.15) is 0 Å². The maximum absolute atomic E-state index is 14.2. The van der Waals surface area contributed by atoms with Crippen molar-refractivity contribution in [2.75, 3.05) is 32.3 Å². The van der Waals surface area contributed by atoms with Gasteiger partial charge in [-0.1, -0.05) is 62.2 Å². The van der Waals surface area contributed by atoms with E-state index < -0.39 is 22.4 Å². The van der Waals surface area contributed by atoms with E-state index in [1.54, 1.807) is 50.2 Å². The highest BCUT2D eigenvalue weighted by Crippen LogP contribution is 2.48. The lowest BCUT2D eigenvalue weighted by atomic mass is 9.77. The topological polar surface area (TPSA) is 83.1 Å². The molecule has 0 radical (unpaired) electrons. The normalized spacial score (nSPS) is 19.0. The predicted molar refractivity (Wildman–Crippen MR) is 202 cm³/mol. The monoisotopic (exact) mass is 760 g/mol. The number of ether oxygens (including phenoxy) is 2. The number of benzene rings is 3. The van der Waals surface area contributed by atoms with Gasteiger partial charge in [-0.25, -0.2) is 18.4 Å². The number of nitrogens with one attached hydrogen (secondary N) is 2. The molecule has 0 aromatic heterocycles. The van der Waals surface area contributed by atoms with Crippen molar-refractivity contribution < 1.29 is 22.9 Å². The molecule has 0 bridgehead atoms. The first-order chi connectivity index (χ1) is 23.8. The van der Waals surface area contributed by atoms with Crippen LogP contribution < -0.4 is 19.8 Å². The lowest BCUT2D eigenvalue weighted by Gasteiger charge is -2.43. The van der Waals surface area contributed by atoms with E-state index in [9.17, 15) is 13.4 Å². The maximum atomic E-state index is 14.2. The molecule has 0 saturated carbocycles. The lowest BCUT2D eigenvalue weighted by Crippen LogP contribution is -2.50. The zero-order chi connectivity index (χ0) is 36.2. The number of anilines is 1. The second-order valence-corrected chi connectivity index (χ2v) is 15.9. The van der Waals surface area contributed by atoms with Gasteiger partial charge in [-0.15, -0.1) is 11.8 Å². The van der Waals surface area contributed by atoms with Crippen molar-refractivity contribution in [3.63, 3.8) is 0 Å². The van der Waals surface area contributed by atoms with Gasteiger partial charge in [0.15, 0.2) is 11.0 Å². The SMILES string of the molecule is COCC1CCCN1NC(=O)NS(=O)c1ccc(CSC2=C(C)C(C)C=C(C(C)(C)c3ccc(Cl)c(OC)c3)N2c2ccc(F)cc2)c(Cl)c1. The van der Waals surface area contributed by atoms with Crippen molar-refractivity contribution in [3.05, 3.63) is 110 Å². The molecule has 0 aliphatic carbocycles. The van der Waals surface area contributed by atoms with Crippen LogP contribution in [-0.4, -0.2) is 48.7 Å². The number of nitrogens with zero attached hydrogens (tertiary/aromatic N) is 2. The molecular weight excluding hydrogens is 718 g/mol. The lowest BCUT2D eigenvalue weighted by molar-refractivity contribution is 0.0917. The van der Waals surface area contributed by atoms with E-state index in [0.29, 0.717) is 39.6 Å². The summed E-state index contributed by atoms with van der Waals surface area (Å²) in [4.78, 5) is 15.2. The van der Waals surface area contributed by atoms with Gasteiger partial charge in [0, 0.05) is 41.2 Å². The number of thioether (sulfide) groups is 1. The first-order valence-corrected chi connectivity index (χ1v) is 19.2. The number of hydrogen-bond acceptors (Lipinski definition) is 7. The number of rotatable bonds is 12. The molecule has 3 aromatic rings. The molecule has 8 nitrogen and oxygen atoms in total. The second kappa shape index (κ2) is 16.5. The van der Waals surface area contributed by atoms with Crippen LogP contribution in [0.3, 0.4) is 0 Å². The van der Waals surface area contributed by atoms with E-state index in [4.69, 9.17) is 32.7 Å². The molecule has 2 aliphatic heterocycles. The molecule has 2 N–H and O–H groups in total. The number of carbonyl (C=O) groups excluding carboxylic acids is 1. The Labute approximate surface area is 310 Å². The van der Waals surface area contributed by atoms with Gasteiger partial charge >= 0.3 is 6.03 Å². The summed E-state index contributed by atoms with van der Waals surface area (Å²) in [6, 6.07) is 17.0. The van der Waals surface area contributed by atoms with Gasteiger partial charge in [0.2, 0.25) is 0 Å². The molecule has 268 valence electrons. The number of urea groups is 1. The summed E-state index contributed by atoms with van der Waals surface area (Å²) in [5, 5.41) is 3.79. The third kappa shape index (κ3) is 8.52. The van der Waals surface area contributed by atoms with Crippen molar-refractivity contribution in [2.45, 2.75) is 62.6 Å². The number of allylic oxidation sites excluding steroid dienone is 3. The first-order valence-electron chi connectivity index (χ1n) is 16.3. The summed E-state index contributed by atoms with van der Waals surface area (Å²) in [6.07, 6.45) is 4.11. The van der Waals surface area contributed by atoms with Crippen LogP contribution in [0.15, 0.2) is 87.9 Å². The Balaban J connectivity index is 1.37. The van der Waals surface area contributed by atoms with Gasteiger partial charge < -0.3 is 14.4 Å². The van der Waals surface area contributed by atoms with Crippen molar-refractivity contribution >= 4 is 57.7 Å². The third-order valence-corrected chi connectivity index (χ3v) is 12.2. The molecule has 3 atom stereocenters. The predicted octanol–water partition coefficient (Wildman–Crippen LogP) is 8.97. The Hall–Kier alpha value is -3.06. The molecule has 3 aromatic carbocycles. The molecule has 5 rings (SSSR count). The van der Waals surface area contributed by atoms with Crippen molar-refractivity contribution in [3.8, 4) is 5.75 Å². The second-order valence-electron chi connectivity index (χ2n) is 12.9. The van der Waals surface area contributed by atoms with Gasteiger partial charge in [-0.3, -0.25) is 10.1 Å². The van der Waals surface area contributed by atoms with Crippen molar-refractivity contribution in [1.82, 2.24) is 15.2 Å². The highest BCUT2D eigenvalue weighted by molar-refractivity contribution is 8.02. The summed E-state index contributed by atoms with van der Waals surface area (Å²) >= 11 is 14.8. The molecule has 1 fully saturated rings. The summed E-state index contributed by atoms with van der Waals surface area (Å²) in [6.45, 7) is 9.78. The average molecular weight is 762 g/mol. The summed E-state index contributed by atoms with van der Waals surface area (Å²) in [7, 11) is 1.41. The highest BCUT2D eigenvalue weighted by Gasteiger charge is 2.37. The summed E-state index contributed by atoms with van der Waals surface area (Å²) in [5.74, 6) is 0.896. The van der Waals surface area contributed by atoms with Gasteiger partial charge in [0.25, 0.3) is 0 Å². The molecule has 13 heteroatoms. The standard InChI is InChI=1S/C37H43Cl2FN4O4S2/c1-23-18-34(37(3,4)26-10-16-31(38)33(19-26)48-6)44(28-13-11-27(40)12-14-28)35(24(23)2)49-22-25-9-15-30(20-32(25)39)50(46)42-36(45)41-43-17-7-8-29(43)21-47-5/h9-16,18-20,23,29H,7-8,17,21-22H2,1-6H3,(H2,41,42,45). The molecule has 1 saturated heterocycles. The molecule has 0 spiro atoms. The van der Waals surface area contributed by atoms with E-state index in [-0.39, 0.29) is 17.8 Å². The van der Waals surface area contributed by atoms with Gasteiger partial charge in [-0.05, 0) is 90.9 Å². The summed E-state index contributed by atoms with van der Waals surface area (Å²) in [5.41, 5.74) is 7.13. The van der Waals surface area contributed by atoms with Crippen LogP contribution in [0.4, 0.5) is 14.9 Å². The van der Waals surface area contributed by atoms with Crippen LogP contribution in [0.1, 0.15) is 51.7 Å². The average Bonchev–Trinajstić information content (AvgIpc) is 3.52. The van der Waals surface area contributed by atoms with E-state index in [0.717, 1.165) is 46.0 Å². The number of halogens is 3. The minimum absolute atomic E-state index is 0.0777. The van der Waals surface area contributed by atoms with Crippen LogP contribution >= 0.6 is 35.0 Å². The summed E-state index contributed by atoms with van der Waals surface area (Å²) < 4.78 is 40.6. The largest absolute Gasteiger partial charge is 0.495 e. The first kappa shape index (κ1) is 38.2. The van der Waals surface area contributed by atoms with Crippen molar-refractivity contribution in [2.24, 2.45) is 5.92 Å². The number of amides is 2. The number of hydrazine groups is 1. The quantitative estimate of drug-likeness (QED) is 0.191. The molecule has 3 unspecified atom stereocenters. The Morgan fingerprint density at radius 1 is 1.08 bits per heavy atom. The number of carbonyl (C=O) groups is 1. The van der Waals surface area contributed by atoms with E-state index in [1.807, 2.05) is 29.3 Å². The van der Waals surface area contributed by atoms with E-state index >= 15 is 0 Å².